The normalized spacial score (nSPS) is 11.2. The minimum absolute atomic E-state index is 0.477. The topological polar surface area (TPSA) is 83.8 Å². The first kappa shape index (κ1) is 74.1. The van der Waals surface area contributed by atoms with Gasteiger partial charge >= 0.3 is 0 Å². The predicted molar refractivity (Wildman–Crippen MR) is 431 cm³/mol. The molecule has 0 aliphatic rings. The van der Waals surface area contributed by atoms with Crippen molar-refractivity contribution in [2.45, 2.75) is 115 Å². The Bertz CT molecular complexity index is 5270. The Morgan fingerprint density at radius 2 is 0.644 bits per heavy atom. The van der Waals surface area contributed by atoms with Gasteiger partial charge in [-0.2, -0.15) is 0 Å². The number of aryl methyl sites for hydroxylation is 10. The third-order valence-corrected chi connectivity index (χ3v) is 19.8. The minimum atomic E-state index is 0.477. The van der Waals surface area contributed by atoms with E-state index in [2.05, 4.69) is 374 Å². The van der Waals surface area contributed by atoms with Crippen molar-refractivity contribution in [3.05, 3.63) is 300 Å². The van der Waals surface area contributed by atoms with E-state index in [1.54, 1.807) is 0 Å². The molecule has 0 N–H and O–H groups in total. The Morgan fingerprint density at radius 3 is 1.10 bits per heavy atom. The van der Waals surface area contributed by atoms with Crippen molar-refractivity contribution in [2.24, 2.45) is 47.1 Å². The molecule has 15 rings (SSSR count). The van der Waals surface area contributed by atoms with E-state index in [4.69, 9.17) is 0 Å². The van der Waals surface area contributed by atoms with Gasteiger partial charge < -0.3 is 0 Å². The quantitative estimate of drug-likeness (QED) is 0.121. The summed E-state index contributed by atoms with van der Waals surface area (Å²) in [5.41, 5.74) is 26.4. The molecule has 0 bridgehead atoms. The molecule has 104 heavy (non-hydrogen) atoms. The number of nitrogens with zero attached hydrogens (tertiary/aromatic N) is 10. The fraction of sp³-hybridized carbons (Fsp3) is 0.255. The number of hydrogen-bond acceptors (Lipinski definition) is 5. The van der Waals surface area contributed by atoms with E-state index in [0.29, 0.717) is 23.7 Å². The second-order valence-corrected chi connectivity index (χ2v) is 29.4. The number of rotatable bonds is 11. The van der Waals surface area contributed by atoms with E-state index in [0.717, 1.165) is 29.3 Å². The lowest BCUT2D eigenvalue weighted by Crippen LogP contribution is -2.31. The highest BCUT2D eigenvalue weighted by atomic mass is 14.9. The molecule has 10 heterocycles. The highest BCUT2D eigenvalue weighted by molar-refractivity contribution is 5.89. The Kier molecular flexibility index (Phi) is 23.8. The van der Waals surface area contributed by atoms with Crippen LogP contribution in [0.15, 0.2) is 250 Å². The number of aromatic nitrogens is 10. The summed E-state index contributed by atoms with van der Waals surface area (Å²) in [4.78, 5) is 22.2. The first-order valence-corrected chi connectivity index (χ1v) is 36.7. The van der Waals surface area contributed by atoms with Gasteiger partial charge in [0, 0.05) is 118 Å². The van der Waals surface area contributed by atoms with Crippen molar-refractivity contribution in [1.29, 1.82) is 0 Å². The van der Waals surface area contributed by atoms with Crippen LogP contribution in [0.1, 0.15) is 117 Å². The molecular weight excluding hydrogens is 1270 g/mol. The predicted octanol–water partition coefficient (Wildman–Crippen LogP) is 19.8. The van der Waals surface area contributed by atoms with Crippen molar-refractivity contribution in [1.82, 2.24) is 24.9 Å². The zero-order valence-electron chi connectivity index (χ0n) is 64.4. The van der Waals surface area contributed by atoms with Crippen LogP contribution in [0.3, 0.4) is 0 Å². The zero-order valence-corrected chi connectivity index (χ0v) is 64.4. The fourth-order valence-corrected chi connectivity index (χ4v) is 14.2. The minimum Gasteiger partial charge on any atom is -0.264 e. The summed E-state index contributed by atoms with van der Waals surface area (Å²) >= 11 is 0. The van der Waals surface area contributed by atoms with E-state index in [9.17, 15) is 0 Å². The highest BCUT2D eigenvalue weighted by Crippen LogP contribution is 2.32. The van der Waals surface area contributed by atoms with Gasteiger partial charge in [0.2, 0.25) is 28.5 Å². The Hall–Kier alpha value is -11.1. The molecule has 0 unspecified atom stereocenters. The summed E-state index contributed by atoms with van der Waals surface area (Å²) in [6.45, 7) is 28.7. The van der Waals surface area contributed by atoms with Gasteiger partial charge in [-0.25, -0.2) is 22.8 Å². The molecule has 0 fully saturated rings. The number of hydrogen-bond donors (Lipinski definition) is 0. The van der Waals surface area contributed by atoms with Crippen LogP contribution in [0, 0.1) is 46.5 Å². The van der Waals surface area contributed by atoms with Crippen molar-refractivity contribution in [3.8, 4) is 56.3 Å². The summed E-state index contributed by atoms with van der Waals surface area (Å²) in [7, 11) is 10.5. The molecule has 0 saturated carbocycles. The number of fused-ring (bicyclic) bond motifs is 5. The highest BCUT2D eigenvalue weighted by Gasteiger charge is 2.22. The maximum atomic E-state index is 4.59. The molecule has 0 saturated heterocycles. The van der Waals surface area contributed by atoms with Gasteiger partial charge in [0.15, 0.2) is 31.0 Å². The lowest BCUT2D eigenvalue weighted by molar-refractivity contribution is -0.659. The molecular formula is C94H103N10+5. The van der Waals surface area contributed by atoms with E-state index in [1.165, 1.54) is 144 Å². The molecule has 524 valence electrons. The van der Waals surface area contributed by atoms with Crippen molar-refractivity contribution in [2.75, 3.05) is 0 Å². The van der Waals surface area contributed by atoms with E-state index >= 15 is 0 Å². The molecule has 0 aliphatic heterocycles. The van der Waals surface area contributed by atoms with E-state index in [1.807, 2.05) is 49.6 Å². The Morgan fingerprint density at radius 1 is 0.288 bits per heavy atom. The molecule has 5 aromatic carbocycles. The molecule has 0 spiro atoms. The first-order chi connectivity index (χ1) is 50.0. The molecule has 0 atom stereocenters. The van der Waals surface area contributed by atoms with Crippen LogP contribution in [-0.4, -0.2) is 24.9 Å². The second-order valence-electron chi connectivity index (χ2n) is 29.4. The lowest BCUT2D eigenvalue weighted by atomic mass is 9.98. The van der Waals surface area contributed by atoms with Crippen LogP contribution in [0.2, 0.25) is 0 Å². The molecule has 10 aromatic heterocycles. The monoisotopic (exact) mass is 1370 g/mol. The number of benzene rings is 5. The molecule has 10 nitrogen and oxygen atoms in total. The summed E-state index contributed by atoms with van der Waals surface area (Å²) < 4.78 is 11.0. The average molecular weight is 1370 g/mol. The molecule has 15 aromatic rings. The second kappa shape index (κ2) is 33.3. The zero-order chi connectivity index (χ0) is 73.9. The van der Waals surface area contributed by atoms with Gasteiger partial charge in [-0.1, -0.05) is 146 Å². The van der Waals surface area contributed by atoms with Crippen LogP contribution in [0.5, 0.6) is 0 Å². The van der Waals surface area contributed by atoms with Crippen molar-refractivity contribution in [3.63, 3.8) is 0 Å². The van der Waals surface area contributed by atoms with E-state index < -0.39 is 0 Å². The van der Waals surface area contributed by atoms with Crippen LogP contribution in [-0.2, 0) is 48.1 Å². The third kappa shape index (κ3) is 17.2. The average Bonchev–Trinajstić information content (AvgIpc) is 0.797. The largest absolute Gasteiger partial charge is 0.264 e. The fourth-order valence-electron chi connectivity index (χ4n) is 14.2. The van der Waals surface area contributed by atoms with Gasteiger partial charge in [0.1, 0.15) is 35.2 Å². The van der Waals surface area contributed by atoms with Crippen LogP contribution < -0.4 is 22.8 Å². The van der Waals surface area contributed by atoms with Gasteiger partial charge in [-0.15, -0.1) is 0 Å². The van der Waals surface area contributed by atoms with Gasteiger partial charge in [-0.05, 0) is 175 Å². The summed E-state index contributed by atoms with van der Waals surface area (Å²) in [5.74, 6) is 2.26. The summed E-state index contributed by atoms with van der Waals surface area (Å²) in [5, 5.41) is 9.91. The van der Waals surface area contributed by atoms with Crippen LogP contribution >= 0.6 is 0 Å². The van der Waals surface area contributed by atoms with Gasteiger partial charge in [-0.3, -0.25) is 24.9 Å². The Labute approximate surface area is 616 Å². The first-order valence-electron chi connectivity index (χ1n) is 36.7. The van der Waals surface area contributed by atoms with Crippen molar-refractivity contribution >= 4 is 54.1 Å². The molecule has 0 amide bonds. The molecule has 0 radical (unpaired) electrons. The SMILES string of the molecule is Cc1ccccc1-c1cc2ccncc2c[n+]1C.Cc1ccccc1-c1cc2cncc(C(C)C)c2c[n+]1C.Cc1ccccc1-c1cc2cncc(CC(C)C)c2c[n+]1C.Cc1ccccc1-c1cc2nccc(C(C)C)c2c[n+]1C.Cc1ccccc1-c1cc2nccc(CC(C)C)c2c[n+]1C. The molecule has 0 aliphatic carbocycles. The van der Waals surface area contributed by atoms with Crippen LogP contribution in [0.4, 0.5) is 0 Å². The summed E-state index contributed by atoms with van der Waals surface area (Å²) in [6.07, 6.45) is 28.7. The third-order valence-electron chi connectivity index (χ3n) is 19.8. The standard InChI is InChI=1S/2C20H23N2.2C19H21N2.C16H15N2/c1-14(2)9-16-11-21-12-17-10-20(22(4)13-19(16)17)18-8-6-5-7-15(18)3;1-14(2)11-16-9-10-21-19-12-20(22(4)13-18(16)19)17-8-6-5-7-15(17)3;1-13(2)17-11-20-10-15-9-19(21(4)12-18(15)17)16-8-6-5-7-14(16)3;1-13(2)15-9-10-20-18-11-19(21(4)12-17(15)18)16-8-6-5-7-14(16)3;1-12-5-3-4-6-15(12)16-9-13-7-8-17-10-14(13)11-18(16)2/h5-8,10-14H,9H2,1-4H3;5-10,12-14H,11H2,1-4H3;2*5-13H,1-4H3;3-11H,1-2H3/q5*+1. The van der Waals surface area contributed by atoms with Gasteiger partial charge in [0.25, 0.3) is 0 Å². The lowest BCUT2D eigenvalue weighted by Gasteiger charge is -2.10. The van der Waals surface area contributed by atoms with Crippen LogP contribution in [0.25, 0.3) is 110 Å². The number of pyridine rings is 10. The van der Waals surface area contributed by atoms with E-state index in [-0.39, 0.29) is 0 Å². The van der Waals surface area contributed by atoms with Crippen molar-refractivity contribution < 1.29 is 22.8 Å². The maximum Gasteiger partial charge on any atom is 0.214 e. The molecule has 10 heteroatoms. The Balaban J connectivity index is 0.000000130. The maximum absolute atomic E-state index is 4.59. The smallest absolute Gasteiger partial charge is 0.214 e. The van der Waals surface area contributed by atoms with Gasteiger partial charge in [0.05, 0.1) is 38.0 Å². The summed E-state index contributed by atoms with van der Waals surface area (Å²) in [6, 6.07) is 59.9.